The average Bonchev–Trinajstić information content (AvgIpc) is 2.00. The normalized spacial score (nSPS) is 11.8. The predicted octanol–water partition coefficient (Wildman–Crippen LogP) is 2.16. The van der Waals surface area contributed by atoms with Gasteiger partial charge in [0.1, 0.15) is 0 Å². The Morgan fingerprint density at radius 1 is 1.27 bits per heavy atom. The van der Waals surface area contributed by atoms with Crippen LogP contribution in [-0.4, -0.2) is 31.4 Å². The van der Waals surface area contributed by atoms with E-state index in [4.69, 9.17) is 0 Å². The highest BCUT2D eigenvalue weighted by Crippen LogP contribution is 1.97. The fourth-order valence-corrected chi connectivity index (χ4v) is 1.16. The Balaban J connectivity index is 3.82. The van der Waals surface area contributed by atoms with Crippen LogP contribution in [0.25, 0.3) is 0 Å². The van der Waals surface area contributed by atoms with Gasteiger partial charge in [-0.1, -0.05) is 13.8 Å². The van der Waals surface area contributed by atoms with Crippen molar-refractivity contribution in [2.75, 3.05) is 20.6 Å². The summed E-state index contributed by atoms with van der Waals surface area (Å²) in [7, 11) is 3.98. The van der Waals surface area contributed by atoms with E-state index in [0.29, 0.717) is 0 Å². The highest BCUT2D eigenvalue weighted by Gasteiger charge is 2.01. The molecule has 0 saturated carbocycles. The minimum absolute atomic E-state index is 1.10. The number of aliphatic imine (C=N–C) groups is 1. The molecule has 0 amide bonds. The van der Waals surface area contributed by atoms with Crippen molar-refractivity contribution < 1.29 is 0 Å². The van der Waals surface area contributed by atoms with Gasteiger partial charge in [-0.3, -0.25) is 4.99 Å². The molecule has 66 valence electrons. The molecule has 0 atom stereocenters. The van der Waals surface area contributed by atoms with Crippen LogP contribution in [0.4, 0.5) is 0 Å². The molecule has 0 heterocycles. The largest absolute Gasteiger partial charge is 0.363 e. The minimum atomic E-state index is 1.10. The van der Waals surface area contributed by atoms with Gasteiger partial charge in [0.05, 0.1) is 5.84 Å². The molecule has 0 bridgehead atoms. The summed E-state index contributed by atoms with van der Waals surface area (Å²) in [6.45, 7) is 5.49. The summed E-state index contributed by atoms with van der Waals surface area (Å²) in [5.41, 5.74) is 0. The molecule has 0 N–H and O–H groups in total. The summed E-state index contributed by atoms with van der Waals surface area (Å²) in [6.07, 6.45) is 3.48. The predicted molar refractivity (Wildman–Crippen MR) is 51.2 cm³/mol. The fourth-order valence-electron chi connectivity index (χ4n) is 1.16. The molecule has 0 spiro atoms. The summed E-state index contributed by atoms with van der Waals surface area (Å²) in [5.74, 6) is 1.23. The monoisotopic (exact) mass is 156 g/mol. The van der Waals surface area contributed by atoms with E-state index in [2.05, 4.69) is 30.8 Å². The van der Waals surface area contributed by atoms with Gasteiger partial charge in [-0.25, -0.2) is 0 Å². The van der Waals surface area contributed by atoms with E-state index in [1.54, 1.807) is 0 Å². The summed E-state index contributed by atoms with van der Waals surface area (Å²) in [6, 6.07) is 0. The van der Waals surface area contributed by atoms with Crippen LogP contribution >= 0.6 is 0 Å². The maximum absolute atomic E-state index is 4.24. The van der Waals surface area contributed by atoms with E-state index in [1.807, 2.05) is 7.05 Å². The van der Waals surface area contributed by atoms with E-state index < -0.39 is 0 Å². The van der Waals surface area contributed by atoms with Gasteiger partial charge in [0.25, 0.3) is 0 Å². The second-order valence-corrected chi connectivity index (χ2v) is 2.81. The number of amidine groups is 1. The van der Waals surface area contributed by atoms with E-state index in [0.717, 1.165) is 13.0 Å². The van der Waals surface area contributed by atoms with Gasteiger partial charge < -0.3 is 4.90 Å². The molecule has 0 saturated heterocycles. The number of hydrogen-bond donors (Lipinski definition) is 0. The Hall–Kier alpha value is -0.530. The minimum Gasteiger partial charge on any atom is -0.363 e. The first kappa shape index (κ1) is 10.5. The molecule has 0 radical (unpaired) electrons. The second-order valence-electron chi connectivity index (χ2n) is 2.81. The zero-order chi connectivity index (χ0) is 8.69. The number of nitrogens with zero attached hydrogens (tertiary/aromatic N) is 2. The Morgan fingerprint density at radius 2 is 1.91 bits per heavy atom. The maximum atomic E-state index is 4.24. The Labute approximate surface area is 70.3 Å². The van der Waals surface area contributed by atoms with Gasteiger partial charge in [0.15, 0.2) is 0 Å². The summed E-state index contributed by atoms with van der Waals surface area (Å²) >= 11 is 0. The van der Waals surface area contributed by atoms with Gasteiger partial charge in [-0.2, -0.15) is 0 Å². The standard InChI is InChI=1S/C9H20N2/c1-5-7-9(10-3)11(4)8-6-2/h5-8H2,1-4H3. The van der Waals surface area contributed by atoms with Crippen molar-refractivity contribution in [3.63, 3.8) is 0 Å². The topological polar surface area (TPSA) is 15.6 Å². The summed E-state index contributed by atoms with van der Waals surface area (Å²) in [4.78, 5) is 6.48. The zero-order valence-electron chi connectivity index (χ0n) is 8.22. The maximum Gasteiger partial charge on any atom is 0.0982 e. The average molecular weight is 156 g/mol. The molecule has 11 heavy (non-hydrogen) atoms. The number of rotatable bonds is 4. The molecular weight excluding hydrogens is 136 g/mol. The molecular formula is C9H20N2. The van der Waals surface area contributed by atoms with Crippen molar-refractivity contribution in [3.05, 3.63) is 0 Å². The van der Waals surface area contributed by atoms with E-state index in [1.165, 1.54) is 18.7 Å². The van der Waals surface area contributed by atoms with Gasteiger partial charge in [-0.15, -0.1) is 0 Å². The Morgan fingerprint density at radius 3 is 2.27 bits per heavy atom. The van der Waals surface area contributed by atoms with Crippen LogP contribution in [0.1, 0.15) is 33.1 Å². The lowest BCUT2D eigenvalue weighted by molar-refractivity contribution is 0.487. The molecule has 0 aromatic heterocycles. The molecule has 0 aliphatic heterocycles. The van der Waals surface area contributed by atoms with Crippen LogP contribution in [0, 0.1) is 0 Å². The van der Waals surface area contributed by atoms with Gasteiger partial charge >= 0.3 is 0 Å². The molecule has 0 aliphatic rings. The van der Waals surface area contributed by atoms with Crippen LogP contribution in [0.3, 0.4) is 0 Å². The van der Waals surface area contributed by atoms with Crippen molar-refractivity contribution in [2.45, 2.75) is 33.1 Å². The van der Waals surface area contributed by atoms with Crippen molar-refractivity contribution in [1.82, 2.24) is 4.90 Å². The third-order valence-corrected chi connectivity index (χ3v) is 1.73. The Bertz CT molecular complexity index is 119. The van der Waals surface area contributed by atoms with Crippen molar-refractivity contribution in [3.8, 4) is 0 Å². The van der Waals surface area contributed by atoms with Crippen LogP contribution < -0.4 is 0 Å². The van der Waals surface area contributed by atoms with E-state index in [9.17, 15) is 0 Å². The highest BCUT2D eigenvalue weighted by atomic mass is 15.1. The molecule has 2 heteroatoms. The summed E-state index contributed by atoms with van der Waals surface area (Å²) in [5, 5.41) is 0. The quantitative estimate of drug-likeness (QED) is 0.450. The van der Waals surface area contributed by atoms with E-state index in [-0.39, 0.29) is 0 Å². The first-order valence-electron chi connectivity index (χ1n) is 4.43. The Kier molecular flexibility index (Phi) is 5.90. The summed E-state index contributed by atoms with van der Waals surface area (Å²) < 4.78 is 0. The zero-order valence-corrected chi connectivity index (χ0v) is 8.22. The fraction of sp³-hybridized carbons (Fsp3) is 0.889. The van der Waals surface area contributed by atoms with Crippen LogP contribution in [0.5, 0.6) is 0 Å². The van der Waals surface area contributed by atoms with Gasteiger partial charge in [0.2, 0.25) is 0 Å². The van der Waals surface area contributed by atoms with Crippen LogP contribution in [0.2, 0.25) is 0 Å². The first-order valence-corrected chi connectivity index (χ1v) is 4.43. The smallest absolute Gasteiger partial charge is 0.0982 e. The van der Waals surface area contributed by atoms with Gasteiger partial charge in [0, 0.05) is 27.1 Å². The lowest BCUT2D eigenvalue weighted by Gasteiger charge is -2.19. The van der Waals surface area contributed by atoms with Crippen molar-refractivity contribution in [1.29, 1.82) is 0 Å². The van der Waals surface area contributed by atoms with Crippen LogP contribution in [0.15, 0.2) is 4.99 Å². The van der Waals surface area contributed by atoms with E-state index >= 15 is 0 Å². The lowest BCUT2D eigenvalue weighted by Crippen LogP contribution is -2.27. The lowest BCUT2D eigenvalue weighted by atomic mass is 10.3. The third kappa shape index (κ3) is 4.02. The third-order valence-electron chi connectivity index (χ3n) is 1.73. The molecule has 0 aliphatic carbocycles. The molecule has 0 unspecified atom stereocenters. The van der Waals surface area contributed by atoms with Crippen LogP contribution in [-0.2, 0) is 0 Å². The first-order chi connectivity index (χ1) is 5.26. The molecule has 0 rings (SSSR count). The number of hydrogen-bond acceptors (Lipinski definition) is 1. The molecule has 0 aromatic rings. The molecule has 0 aromatic carbocycles. The molecule has 2 nitrogen and oxygen atoms in total. The SMILES string of the molecule is CCCC(=NC)N(C)CCC. The highest BCUT2D eigenvalue weighted by molar-refractivity contribution is 5.81. The van der Waals surface area contributed by atoms with Crippen molar-refractivity contribution >= 4 is 5.84 Å². The molecule has 0 fully saturated rings. The van der Waals surface area contributed by atoms with Crippen molar-refractivity contribution in [2.24, 2.45) is 4.99 Å². The second kappa shape index (κ2) is 6.20. The van der Waals surface area contributed by atoms with Gasteiger partial charge in [-0.05, 0) is 12.8 Å².